The van der Waals surface area contributed by atoms with E-state index >= 15 is 0 Å². The third-order valence-corrected chi connectivity index (χ3v) is 6.53. The van der Waals surface area contributed by atoms with Crippen LogP contribution >= 0.6 is 0 Å². The molecule has 8 nitrogen and oxygen atoms in total. The molecule has 0 amide bonds. The Morgan fingerprint density at radius 1 is 1.28 bits per heavy atom. The minimum Gasteiger partial charge on any atom is -0.394 e. The number of rotatable bonds is 9. The second-order valence-corrected chi connectivity index (χ2v) is 9.63. The predicted octanol–water partition coefficient (Wildman–Crippen LogP) is 1.82. The number of nitrogens with one attached hydrogen (secondary N) is 1. The maximum absolute atomic E-state index is 12.5. The summed E-state index contributed by atoms with van der Waals surface area (Å²) in [5, 5.41) is 18.0. The van der Waals surface area contributed by atoms with Gasteiger partial charge in [-0.1, -0.05) is 49.4 Å². The van der Waals surface area contributed by atoms with Gasteiger partial charge in [0.2, 0.25) is 10.0 Å². The first-order valence-electron chi connectivity index (χ1n) is 10.1. The van der Waals surface area contributed by atoms with E-state index in [0.717, 1.165) is 24.1 Å². The Kier molecular flexibility index (Phi) is 7.39. The molecule has 0 saturated carbocycles. The summed E-state index contributed by atoms with van der Waals surface area (Å²) >= 11 is 0. The Hall–Kier alpha value is -1.81. The zero-order valence-electron chi connectivity index (χ0n) is 16.9. The lowest BCUT2D eigenvalue weighted by molar-refractivity contribution is -0.0891. The lowest BCUT2D eigenvalue weighted by atomic mass is 9.98. The van der Waals surface area contributed by atoms with E-state index in [9.17, 15) is 13.5 Å². The van der Waals surface area contributed by atoms with Crippen LogP contribution < -0.4 is 4.72 Å². The van der Waals surface area contributed by atoms with Crippen LogP contribution in [0, 0.1) is 0 Å². The van der Waals surface area contributed by atoms with Gasteiger partial charge in [-0.2, -0.15) is 0 Å². The maximum atomic E-state index is 12.5. The van der Waals surface area contributed by atoms with Gasteiger partial charge in [0.05, 0.1) is 36.3 Å². The molecule has 9 heteroatoms. The molecule has 160 valence electrons. The molecule has 0 radical (unpaired) electrons. The summed E-state index contributed by atoms with van der Waals surface area (Å²) in [7, 11) is -3.52. The number of nitrogens with zero attached hydrogens (tertiary/aromatic N) is 3. The normalized spacial score (nSPS) is 22.8. The van der Waals surface area contributed by atoms with Gasteiger partial charge in [0.15, 0.2) is 0 Å². The van der Waals surface area contributed by atoms with Crippen molar-refractivity contribution in [2.75, 3.05) is 6.61 Å². The Labute approximate surface area is 172 Å². The van der Waals surface area contributed by atoms with E-state index < -0.39 is 22.2 Å². The molecule has 1 aromatic heterocycles. The largest absolute Gasteiger partial charge is 0.394 e. The second-order valence-electron chi connectivity index (χ2n) is 7.88. The Morgan fingerprint density at radius 3 is 2.69 bits per heavy atom. The number of aryl methyl sites for hydroxylation is 1. The van der Waals surface area contributed by atoms with E-state index in [-0.39, 0.29) is 18.5 Å². The van der Waals surface area contributed by atoms with Crippen molar-refractivity contribution in [2.45, 2.75) is 69.6 Å². The average Bonchev–Trinajstić information content (AvgIpc) is 3.17. The lowest BCUT2D eigenvalue weighted by Crippen LogP contribution is -2.51. The highest BCUT2D eigenvalue weighted by atomic mass is 32.2. The molecule has 1 fully saturated rings. The molecule has 0 unspecified atom stereocenters. The van der Waals surface area contributed by atoms with Crippen LogP contribution in [-0.4, -0.2) is 53.4 Å². The third kappa shape index (κ3) is 6.33. The Bertz CT molecular complexity index is 870. The summed E-state index contributed by atoms with van der Waals surface area (Å²) in [6.07, 6.45) is 3.42. The smallest absolute Gasteiger partial charge is 0.216 e. The Morgan fingerprint density at radius 2 is 2.03 bits per heavy atom. The number of hydrogen-bond donors (Lipinski definition) is 2. The fourth-order valence-corrected chi connectivity index (χ4v) is 4.95. The second kappa shape index (κ2) is 9.80. The van der Waals surface area contributed by atoms with Gasteiger partial charge < -0.3 is 9.84 Å². The first-order chi connectivity index (χ1) is 13.9. The summed E-state index contributed by atoms with van der Waals surface area (Å²) in [5.74, 6) is 0.245. The molecule has 1 aromatic carbocycles. The van der Waals surface area contributed by atoms with Crippen LogP contribution in [0.5, 0.6) is 0 Å². The first kappa shape index (κ1) is 21.9. The van der Waals surface area contributed by atoms with E-state index in [0.29, 0.717) is 18.9 Å². The van der Waals surface area contributed by atoms with Crippen molar-refractivity contribution in [2.24, 2.45) is 0 Å². The van der Waals surface area contributed by atoms with Gasteiger partial charge in [-0.25, -0.2) is 13.1 Å². The molecule has 3 atom stereocenters. The van der Waals surface area contributed by atoms with Crippen molar-refractivity contribution < 1.29 is 18.3 Å². The molecule has 1 aliphatic heterocycles. The van der Waals surface area contributed by atoms with Gasteiger partial charge in [0, 0.05) is 12.7 Å². The SMILES string of the molecule is CC(C)c1cn(CC[C@@H]2CC[C@@H](NS(=O)(=O)Cc3ccccc3)[C@@H](CO)O2)nn1. The Balaban J connectivity index is 1.52. The van der Waals surface area contributed by atoms with Crippen LogP contribution in [-0.2, 0) is 27.1 Å². The summed E-state index contributed by atoms with van der Waals surface area (Å²) in [5.41, 5.74) is 1.68. The highest BCUT2D eigenvalue weighted by Gasteiger charge is 2.33. The fraction of sp³-hybridized carbons (Fsp3) is 0.600. The van der Waals surface area contributed by atoms with Crippen molar-refractivity contribution in [1.82, 2.24) is 19.7 Å². The topological polar surface area (TPSA) is 106 Å². The van der Waals surface area contributed by atoms with Crippen LogP contribution in [0.1, 0.15) is 50.3 Å². The quantitative estimate of drug-likeness (QED) is 0.638. The number of sulfonamides is 1. The number of aliphatic hydroxyl groups excluding tert-OH is 1. The standard InChI is InChI=1S/C20H30N4O4S/c1-15(2)19-12-24(23-21-19)11-10-17-8-9-18(20(13-25)28-17)22-29(26,27)14-16-6-4-3-5-7-16/h3-7,12,15,17-18,20,22,25H,8-11,13-14H2,1-2H3/t17-,18+,20+/m0/s1. The van der Waals surface area contributed by atoms with Crippen molar-refractivity contribution in [3.8, 4) is 0 Å². The van der Waals surface area contributed by atoms with Crippen LogP contribution in [0.4, 0.5) is 0 Å². The van der Waals surface area contributed by atoms with Crippen LogP contribution in [0.25, 0.3) is 0 Å². The molecule has 2 heterocycles. The molecule has 29 heavy (non-hydrogen) atoms. The highest BCUT2D eigenvalue weighted by Crippen LogP contribution is 2.23. The van der Waals surface area contributed by atoms with Gasteiger partial charge >= 0.3 is 0 Å². The number of hydrogen-bond acceptors (Lipinski definition) is 6. The summed E-state index contributed by atoms with van der Waals surface area (Å²) in [4.78, 5) is 0. The summed E-state index contributed by atoms with van der Waals surface area (Å²) in [6, 6.07) is 8.62. The molecule has 1 aliphatic rings. The van der Waals surface area contributed by atoms with Crippen molar-refractivity contribution in [3.63, 3.8) is 0 Å². The molecule has 0 bridgehead atoms. The van der Waals surface area contributed by atoms with Crippen LogP contribution in [0.15, 0.2) is 36.5 Å². The number of aliphatic hydroxyl groups is 1. The molecule has 0 spiro atoms. The first-order valence-corrected chi connectivity index (χ1v) is 11.7. The summed E-state index contributed by atoms with van der Waals surface area (Å²) < 4.78 is 35.5. The molecule has 0 aliphatic carbocycles. The van der Waals surface area contributed by atoms with E-state index in [2.05, 4.69) is 28.9 Å². The molecular weight excluding hydrogens is 392 g/mol. The van der Waals surface area contributed by atoms with Crippen LogP contribution in [0.3, 0.4) is 0 Å². The zero-order chi connectivity index (χ0) is 20.9. The van der Waals surface area contributed by atoms with E-state index in [4.69, 9.17) is 4.74 Å². The molecule has 3 rings (SSSR count). The number of benzene rings is 1. The van der Waals surface area contributed by atoms with Gasteiger partial charge in [-0.3, -0.25) is 4.68 Å². The van der Waals surface area contributed by atoms with E-state index in [1.54, 1.807) is 16.8 Å². The van der Waals surface area contributed by atoms with Gasteiger partial charge in [-0.15, -0.1) is 5.10 Å². The van der Waals surface area contributed by atoms with E-state index in [1.165, 1.54) is 0 Å². The molecular formula is C20H30N4O4S. The minimum absolute atomic E-state index is 0.0475. The van der Waals surface area contributed by atoms with Gasteiger partial charge in [0.25, 0.3) is 0 Å². The lowest BCUT2D eigenvalue weighted by Gasteiger charge is -2.36. The maximum Gasteiger partial charge on any atom is 0.216 e. The molecule has 2 aromatic rings. The summed E-state index contributed by atoms with van der Waals surface area (Å²) in [6.45, 7) is 4.59. The van der Waals surface area contributed by atoms with E-state index in [1.807, 2.05) is 24.4 Å². The average molecular weight is 423 g/mol. The zero-order valence-corrected chi connectivity index (χ0v) is 17.8. The highest BCUT2D eigenvalue weighted by molar-refractivity contribution is 7.88. The van der Waals surface area contributed by atoms with Gasteiger partial charge in [-0.05, 0) is 30.7 Å². The van der Waals surface area contributed by atoms with Crippen LogP contribution in [0.2, 0.25) is 0 Å². The minimum atomic E-state index is -3.52. The van der Waals surface area contributed by atoms with Crippen molar-refractivity contribution in [3.05, 3.63) is 47.8 Å². The predicted molar refractivity (Wildman–Crippen MR) is 110 cm³/mol. The monoisotopic (exact) mass is 422 g/mol. The third-order valence-electron chi connectivity index (χ3n) is 5.15. The fourth-order valence-electron chi connectivity index (χ4n) is 3.51. The van der Waals surface area contributed by atoms with Crippen molar-refractivity contribution >= 4 is 10.0 Å². The molecule has 2 N–H and O–H groups in total. The van der Waals surface area contributed by atoms with Crippen molar-refractivity contribution in [1.29, 1.82) is 0 Å². The number of aromatic nitrogens is 3. The molecule has 1 saturated heterocycles. The van der Waals surface area contributed by atoms with Gasteiger partial charge in [0.1, 0.15) is 0 Å². The number of ether oxygens (including phenoxy) is 1.